The van der Waals surface area contributed by atoms with Crippen molar-refractivity contribution in [3.8, 4) is 17.3 Å². The molecule has 0 bridgehead atoms. The summed E-state index contributed by atoms with van der Waals surface area (Å²) >= 11 is 0. The summed E-state index contributed by atoms with van der Waals surface area (Å²) in [6.07, 6.45) is 10.1. The number of aryl methyl sites for hydroxylation is 1. The zero-order valence-corrected chi connectivity index (χ0v) is 18.0. The first-order chi connectivity index (χ1) is 14.6. The largest absolute Gasteiger partial charge is 0.321 e. The van der Waals surface area contributed by atoms with Crippen LogP contribution in [-0.4, -0.2) is 21.6 Å². The maximum Gasteiger partial charge on any atom is 0.141 e. The van der Waals surface area contributed by atoms with Crippen LogP contribution in [0.1, 0.15) is 68.7 Å². The van der Waals surface area contributed by atoms with E-state index in [0.29, 0.717) is 11.6 Å². The third-order valence-corrected chi connectivity index (χ3v) is 7.05. The highest BCUT2D eigenvalue weighted by atomic mass is 15.1. The number of nitrogens with zero attached hydrogens (tertiary/aromatic N) is 3. The first-order valence-corrected chi connectivity index (χ1v) is 11.4. The van der Waals surface area contributed by atoms with Gasteiger partial charge in [0.2, 0.25) is 0 Å². The lowest BCUT2D eigenvalue weighted by Crippen LogP contribution is -2.29. The minimum Gasteiger partial charge on any atom is -0.321 e. The van der Waals surface area contributed by atoms with Gasteiger partial charge in [-0.05, 0) is 81.2 Å². The first-order valence-electron chi connectivity index (χ1n) is 11.4. The molecule has 2 heterocycles. The summed E-state index contributed by atoms with van der Waals surface area (Å²) in [4.78, 5) is 4.80. The Hall–Kier alpha value is -2.64. The fraction of sp³-hybridized carbons (Fsp3) is 0.462. The van der Waals surface area contributed by atoms with Gasteiger partial charge < -0.3 is 9.88 Å². The minimum atomic E-state index is 0.385. The third kappa shape index (κ3) is 3.42. The lowest BCUT2D eigenvalue weighted by atomic mass is 9.92. The molecule has 1 N–H and O–H groups in total. The molecule has 30 heavy (non-hydrogen) atoms. The van der Waals surface area contributed by atoms with Crippen LogP contribution in [0.2, 0.25) is 0 Å². The van der Waals surface area contributed by atoms with Crippen LogP contribution in [0, 0.1) is 11.3 Å². The molecule has 4 heteroatoms. The van der Waals surface area contributed by atoms with Gasteiger partial charge in [0, 0.05) is 23.2 Å². The summed E-state index contributed by atoms with van der Waals surface area (Å²) in [7, 11) is 0. The van der Waals surface area contributed by atoms with Crippen molar-refractivity contribution >= 4 is 11.0 Å². The molecule has 3 aromatic rings. The highest BCUT2D eigenvalue weighted by molar-refractivity contribution is 5.93. The van der Waals surface area contributed by atoms with Gasteiger partial charge in [0.1, 0.15) is 11.7 Å². The van der Waals surface area contributed by atoms with Gasteiger partial charge in [0.05, 0.1) is 11.3 Å². The molecule has 0 saturated heterocycles. The van der Waals surface area contributed by atoms with E-state index in [-0.39, 0.29) is 0 Å². The Labute approximate surface area is 178 Å². The van der Waals surface area contributed by atoms with Crippen LogP contribution in [0.25, 0.3) is 22.3 Å². The van der Waals surface area contributed by atoms with Crippen LogP contribution >= 0.6 is 0 Å². The van der Waals surface area contributed by atoms with Gasteiger partial charge in [-0.2, -0.15) is 5.26 Å². The van der Waals surface area contributed by atoms with Crippen LogP contribution in [0.4, 0.5) is 0 Å². The second-order valence-electron chi connectivity index (χ2n) is 9.29. The molecule has 2 aliphatic carbocycles. The van der Waals surface area contributed by atoms with E-state index in [1.807, 2.05) is 6.20 Å². The number of aromatic nitrogens is 2. The number of hydrogen-bond acceptors (Lipinski definition) is 3. The normalized spacial score (nSPS) is 17.6. The molecule has 2 aliphatic rings. The molecular weight excluding hydrogens is 368 g/mol. The standard InChI is InChI=1S/C26H30N4/c1-3-18-15-22-23(16-27)24(30(21-5-4-6-21)25(22)28-17-18)20-9-7-19(8-10-20)11-14-29-26(2)12-13-26/h7-10,15,17,21,29H,3-6,11-14H2,1-2H3. The monoisotopic (exact) mass is 398 g/mol. The van der Waals surface area contributed by atoms with Gasteiger partial charge in [-0.15, -0.1) is 0 Å². The number of nitrogens with one attached hydrogen (secondary N) is 1. The quantitative estimate of drug-likeness (QED) is 0.568. The molecule has 0 amide bonds. The molecular formula is C26H30N4. The number of hydrogen-bond donors (Lipinski definition) is 1. The second kappa shape index (κ2) is 7.56. The van der Waals surface area contributed by atoms with Crippen molar-refractivity contribution in [2.45, 2.75) is 70.4 Å². The maximum atomic E-state index is 10.1. The summed E-state index contributed by atoms with van der Waals surface area (Å²) in [5, 5.41) is 14.7. The molecule has 2 fully saturated rings. The van der Waals surface area contributed by atoms with Crippen LogP contribution in [0.15, 0.2) is 36.5 Å². The average Bonchev–Trinajstić information content (AvgIpc) is 3.38. The topological polar surface area (TPSA) is 53.6 Å². The Bertz CT molecular complexity index is 1110. The van der Waals surface area contributed by atoms with Crippen LogP contribution in [0.5, 0.6) is 0 Å². The van der Waals surface area contributed by atoms with Gasteiger partial charge >= 0.3 is 0 Å². The zero-order valence-electron chi connectivity index (χ0n) is 18.0. The number of rotatable bonds is 7. The minimum absolute atomic E-state index is 0.385. The number of benzene rings is 1. The van der Waals surface area contributed by atoms with E-state index in [1.165, 1.54) is 43.2 Å². The van der Waals surface area contributed by atoms with Crippen molar-refractivity contribution in [1.82, 2.24) is 14.9 Å². The molecule has 2 aromatic heterocycles. The summed E-state index contributed by atoms with van der Waals surface area (Å²) in [6, 6.07) is 14.0. The smallest absolute Gasteiger partial charge is 0.141 e. The lowest BCUT2D eigenvalue weighted by Gasteiger charge is -2.29. The lowest BCUT2D eigenvalue weighted by molar-refractivity contribution is 0.323. The van der Waals surface area contributed by atoms with Gasteiger partial charge in [-0.1, -0.05) is 31.2 Å². The van der Waals surface area contributed by atoms with Gasteiger partial charge in [-0.25, -0.2) is 4.98 Å². The summed E-state index contributed by atoms with van der Waals surface area (Å²) in [5.74, 6) is 0. The molecule has 0 radical (unpaired) electrons. The molecule has 2 saturated carbocycles. The van der Waals surface area contributed by atoms with Crippen molar-refractivity contribution in [1.29, 1.82) is 5.26 Å². The van der Waals surface area contributed by atoms with Gasteiger partial charge in [0.15, 0.2) is 0 Å². The van der Waals surface area contributed by atoms with Crippen molar-refractivity contribution < 1.29 is 0 Å². The van der Waals surface area contributed by atoms with E-state index in [0.717, 1.165) is 47.2 Å². The van der Waals surface area contributed by atoms with Crippen LogP contribution in [-0.2, 0) is 12.8 Å². The molecule has 0 atom stereocenters. The molecule has 5 rings (SSSR count). The molecule has 0 aliphatic heterocycles. The van der Waals surface area contributed by atoms with E-state index in [4.69, 9.17) is 4.98 Å². The van der Waals surface area contributed by atoms with Crippen LogP contribution in [0.3, 0.4) is 0 Å². The van der Waals surface area contributed by atoms with Gasteiger partial charge in [-0.3, -0.25) is 0 Å². The predicted molar refractivity (Wildman–Crippen MR) is 121 cm³/mol. The summed E-state index contributed by atoms with van der Waals surface area (Å²) < 4.78 is 2.35. The van der Waals surface area contributed by atoms with Crippen molar-refractivity contribution in [2.75, 3.05) is 6.54 Å². The highest BCUT2D eigenvalue weighted by Crippen LogP contribution is 2.42. The van der Waals surface area contributed by atoms with Crippen molar-refractivity contribution in [3.63, 3.8) is 0 Å². The molecule has 1 aromatic carbocycles. The Morgan fingerprint density at radius 1 is 1.20 bits per heavy atom. The van der Waals surface area contributed by atoms with E-state index in [1.54, 1.807) is 0 Å². The van der Waals surface area contributed by atoms with E-state index < -0.39 is 0 Å². The number of nitriles is 1. The molecule has 154 valence electrons. The summed E-state index contributed by atoms with van der Waals surface area (Å²) in [6.45, 7) is 5.46. The fourth-order valence-electron chi connectivity index (χ4n) is 4.52. The summed E-state index contributed by atoms with van der Waals surface area (Å²) in [5.41, 5.74) is 6.82. The third-order valence-electron chi connectivity index (χ3n) is 7.05. The highest BCUT2D eigenvalue weighted by Gasteiger charge is 2.36. The Morgan fingerprint density at radius 3 is 2.57 bits per heavy atom. The van der Waals surface area contributed by atoms with E-state index >= 15 is 0 Å². The predicted octanol–water partition coefficient (Wildman–Crippen LogP) is 5.55. The Balaban J connectivity index is 1.51. The first kappa shape index (κ1) is 19.3. The van der Waals surface area contributed by atoms with Crippen molar-refractivity contribution in [2.24, 2.45) is 0 Å². The second-order valence-corrected chi connectivity index (χ2v) is 9.29. The molecule has 0 spiro atoms. The fourth-order valence-corrected chi connectivity index (χ4v) is 4.52. The van der Waals surface area contributed by atoms with Gasteiger partial charge in [0.25, 0.3) is 0 Å². The maximum absolute atomic E-state index is 10.1. The number of pyridine rings is 1. The van der Waals surface area contributed by atoms with Crippen LogP contribution < -0.4 is 5.32 Å². The molecule has 0 unspecified atom stereocenters. The Kier molecular flexibility index (Phi) is 4.87. The van der Waals surface area contributed by atoms with Crippen molar-refractivity contribution in [3.05, 3.63) is 53.2 Å². The average molecular weight is 399 g/mol. The molecule has 4 nitrogen and oxygen atoms in total. The number of fused-ring (bicyclic) bond motifs is 1. The Morgan fingerprint density at radius 2 is 1.97 bits per heavy atom. The van der Waals surface area contributed by atoms with E-state index in [2.05, 4.69) is 60.1 Å². The zero-order chi connectivity index (χ0) is 20.7. The van der Waals surface area contributed by atoms with E-state index in [9.17, 15) is 5.26 Å². The SMILES string of the molecule is CCc1cnc2c(c1)c(C#N)c(-c1ccc(CCNC3(C)CC3)cc1)n2C1CCC1.